The van der Waals surface area contributed by atoms with E-state index in [9.17, 15) is 4.79 Å². The number of rotatable bonds is 1. The Morgan fingerprint density at radius 2 is 1.18 bits per heavy atom. The van der Waals surface area contributed by atoms with Crippen molar-refractivity contribution in [3.8, 4) is 0 Å². The molecule has 3 nitrogen and oxygen atoms in total. The van der Waals surface area contributed by atoms with Gasteiger partial charge >= 0.3 is 5.97 Å². The molecule has 0 unspecified atom stereocenters. The van der Waals surface area contributed by atoms with Crippen molar-refractivity contribution in [3.05, 3.63) is 30.1 Å². The molecule has 1 aromatic heterocycles. The fourth-order valence-corrected chi connectivity index (χ4v) is 0.489. The summed E-state index contributed by atoms with van der Waals surface area (Å²) >= 11 is 0. The molecule has 0 aromatic carbocycles. The standard InChI is InChI=1S/C6H5NO2.3C3H9P.Ir/c8-6(9)5-3-1-2-4-7-5;3*1-4(2)3;/h1-4H,(H,8,9);3*1-3H3;. The van der Waals surface area contributed by atoms with Gasteiger partial charge in [-0.25, -0.2) is 9.78 Å². The number of hydrogen-bond acceptors (Lipinski definition) is 2. The normalized spacial score (nSPS) is 8.55. The van der Waals surface area contributed by atoms with Crippen LogP contribution < -0.4 is 0 Å². The number of nitrogens with zero attached hydrogens (tertiary/aromatic N) is 1. The molecule has 0 saturated carbocycles. The molecule has 1 rings (SSSR count). The largest absolute Gasteiger partial charge is 0.477 e. The van der Waals surface area contributed by atoms with Crippen molar-refractivity contribution in [2.75, 3.05) is 60.0 Å². The number of aromatic nitrogens is 1. The van der Waals surface area contributed by atoms with Gasteiger partial charge in [0.1, 0.15) is 5.69 Å². The summed E-state index contributed by atoms with van der Waals surface area (Å²) in [5, 5.41) is 8.32. The van der Waals surface area contributed by atoms with E-state index in [1.165, 1.54) is 12.3 Å². The van der Waals surface area contributed by atoms with Gasteiger partial charge in [0.15, 0.2) is 0 Å². The molecule has 0 spiro atoms. The number of aromatic carboxylic acids is 1. The summed E-state index contributed by atoms with van der Waals surface area (Å²) in [6, 6.07) is 4.76. The topological polar surface area (TPSA) is 50.2 Å². The van der Waals surface area contributed by atoms with Crippen LogP contribution in [0.15, 0.2) is 24.4 Å². The Morgan fingerprint density at radius 3 is 1.32 bits per heavy atom. The number of carboxylic acids is 1. The summed E-state index contributed by atoms with van der Waals surface area (Å²) in [4.78, 5) is 13.7. The fourth-order valence-electron chi connectivity index (χ4n) is 0.489. The van der Waals surface area contributed by atoms with Crippen molar-refractivity contribution in [1.29, 1.82) is 0 Å². The van der Waals surface area contributed by atoms with E-state index in [0.717, 1.165) is 0 Å². The molecule has 0 saturated heterocycles. The number of carboxylic acid groups (broad SMARTS) is 1. The first-order chi connectivity index (χ1) is 9.50. The van der Waals surface area contributed by atoms with Crippen LogP contribution >= 0.6 is 23.8 Å². The summed E-state index contributed by atoms with van der Waals surface area (Å²) in [6.45, 7) is 20.1. The van der Waals surface area contributed by atoms with E-state index >= 15 is 0 Å². The second-order valence-electron chi connectivity index (χ2n) is 5.55. The number of pyridine rings is 1. The van der Waals surface area contributed by atoms with E-state index in [4.69, 9.17) is 5.11 Å². The van der Waals surface area contributed by atoms with Gasteiger partial charge in [-0.05, 0) is 72.1 Å². The minimum absolute atomic E-state index is 0. The number of carbonyl (C=O) groups is 1. The first-order valence-electron chi connectivity index (χ1n) is 6.47. The smallest absolute Gasteiger partial charge is 0.354 e. The molecule has 22 heavy (non-hydrogen) atoms. The van der Waals surface area contributed by atoms with Gasteiger partial charge in [0.25, 0.3) is 0 Å². The van der Waals surface area contributed by atoms with Crippen LogP contribution in [0.3, 0.4) is 0 Å². The Hall–Kier alpha value is 0.559. The maximum atomic E-state index is 10.1. The molecule has 7 heteroatoms. The van der Waals surface area contributed by atoms with Crippen molar-refractivity contribution in [2.24, 2.45) is 0 Å². The molecule has 1 heterocycles. The molecule has 0 amide bonds. The van der Waals surface area contributed by atoms with Crippen molar-refractivity contribution in [2.45, 2.75) is 0 Å². The maximum absolute atomic E-state index is 10.1. The van der Waals surface area contributed by atoms with E-state index in [-0.39, 0.29) is 25.8 Å². The molecule has 1 aromatic rings. The third-order valence-electron chi connectivity index (χ3n) is 0.884. The predicted molar refractivity (Wildman–Crippen MR) is 105 cm³/mol. The quantitative estimate of drug-likeness (QED) is 0.516. The van der Waals surface area contributed by atoms with Gasteiger partial charge in [-0.3, -0.25) is 0 Å². The Morgan fingerprint density at radius 1 is 0.864 bits per heavy atom. The molecule has 0 fully saturated rings. The second kappa shape index (κ2) is 21.6. The van der Waals surface area contributed by atoms with Gasteiger partial charge in [-0.2, -0.15) is 0 Å². The average Bonchev–Trinajstić information content (AvgIpc) is 2.27. The third kappa shape index (κ3) is 49.9. The van der Waals surface area contributed by atoms with Gasteiger partial charge in [-0.1, -0.05) is 6.07 Å². The fraction of sp³-hybridized carbons (Fsp3) is 0.600. The maximum Gasteiger partial charge on any atom is 0.354 e. The Bertz CT molecular complexity index is 314. The zero-order valence-corrected chi connectivity index (χ0v) is 20.4. The van der Waals surface area contributed by atoms with E-state index in [0.29, 0.717) is 23.8 Å². The van der Waals surface area contributed by atoms with Crippen LogP contribution in [0.5, 0.6) is 0 Å². The van der Waals surface area contributed by atoms with E-state index in [1.807, 2.05) is 0 Å². The van der Waals surface area contributed by atoms with Crippen molar-refractivity contribution >= 4 is 29.7 Å². The van der Waals surface area contributed by atoms with Crippen LogP contribution in [0.4, 0.5) is 0 Å². The molecule has 1 N–H and O–H groups in total. The van der Waals surface area contributed by atoms with Crippen LogP contribution in [-0.2, 0) is 20.1 Å². The SMILES string of the molecule is CP(C)C.CP(C)C.CP(C)C.O=C(O)c1ccccn1.[Ir]. The molecular weight excluding hydrogens is 511 g/mol. The number of hydrogen-bond donors (Lipinski definition) is 1. The molecule has 133 valence electrons. The van der Waals surface area contributed by atoms with Crippen molar-refractivity contribution in [3.63, 3.8) is 0 Å². The van der Waals surface area contributed by atoms with Gasteiger partial charge in [0.05, 0.1) is 0 Å². The molecule has 0 aliphatic carbocycles. The van der Waals surface area contributed by atoms with Crippen molar-refractivity contribution < 1.29 is 30.0 Å². The summed E-state index contributed by atoms with van der Waals surface area (Å²) in [5.41, 5.74) is 0.0810. The second-order valence-corrected chi connectivity index (χ2v) is 13.6. The zero-order chi connectivity index (χ0) is 17.4. The summed E-state index contributed by atoms with van der Waals surface area (Å²) < 4.78 is 0. The minimum atomic E-state index is -0.990. The third-order valence-corrected chi connectivity index (χ3v) is 0.884. The van der Waals surface area contributed by atoms with Crippen LogP contribution in [0, 0.1) is 0 Å². The van der Waals surface area contributed by atoms with Crippen LogP contribution in [0.1, 0.15) is 10.5 Å². The van der Waals surface area contributed by atoms with E-state index < -0.39 is 5.97 Å². The molecule has 0 aliphatic rings. The Kier molecular flexibility index (Phi) is 29.8. The van der Waals surface area contributed by atoms with Gasteiger partial charge in [0, 0.05) is 26.3 Å². The molecule has 0 aliphatic heterocycles. The molecule has 1 radical (unpaired) electrons. The summed E-state index contributed by atoms with van der Waals surface area (Å²) in [5.74, 6) is -0.990. The molecule has 0 bridgehead atoms. The van der Waals surface area contributed by atoms with Gasteiger partial charge in [0.2, 0.25) is 0 Å². The molecular formula is C15H32IrNO2P3. The Labute approximate surface area is 154 Å². The zero-order valence-electron chi connectivity index (χ0n) is 15.3. The molecule has 0 atom stereocenters. The Balaban J connectivity index is -0.000000107. The van der Waals surface area contributed by atoms with Crippen molar-refractivity contribution in [1.82, 2.24) is 4.98 Å². The first kappa shape index (κ1) is 30.4. The summed E-state index contributed by atoms with van der Waals surface area (Å²) in [6.07, 6.45) is 1.45. The monoisotopic (exact) mass is 544 g/mol. The van der Waals surface area contributed by atoms with Crippen LogP contribution in [0.25, 0.3) is 0 Å². The average molecular weight is 544 g/mol. The van der Waals surface area contributed by atoms with Crippen LogP contribution in [0.2, 0.25) is 0 Å². The minimum Gasteiger partial charge on any atom is -0.477 e. The van der Waals surface area contributed by atoms with E-state index in [2.05, 4.69) is 65.0 Å². The van der Waals surface area contributed by atoms with E-state index in [1.54, 1.807) is 12.1 Å². The summed E-state index contributed by atoms with van der Waals surface area (Å²) in [7, 11) is 1.14. The first-order valence-corrected chi connectivity index (χ1v) is 14.5. The van der Waals surface area contributed by atoms with Gasteiger partial charge < -0.3 is 5.11 Å². The van der Waals surface area contributed by atoms with Crippen LogP contribution in [-0.4, -0.2) is 76.0 Å². The predicted octanol–water partition coefficient (Wildman–Crippen LogP) is 4.85. The van der Waals surface area contributed by atoms with Gasteiger partial charge in [-0.15, -0.1) is 23.8 Å².